The smallest absolute Gasteiger partial charge is 0.238 e. The molecule has 0 amide bonds. The monoisotopic (exact) mass is 825 g/mol. The van der Waals surface area contributed by atoms with E-state index >= 15 is 0 Å². The van der Waals surface area contributed by atoms with Crippen molar-refractivity contribution >= 4 is 107 Å². The largest absolute Gasteiger partial charge is 0.307 e. The second kappa shape index (κ2) is 13.1. The Morgan fingerprint density at radius 1 is 0.387 bits per heavy atom. The molecule has 13 rings (SSSR count). The molecule has 286 valence electrons. The summed E-state index contributed by atoms with van der Waals surface area (Å²) in [6.07, 6.45) is 0. The zero-order valence-corrected chi connectivity index (χ0v) is 34.2. The van der Waals surface area contributed by atoms with Crippen LogP contribution in [0.15, 0.2) is 164 Å². The number of aromatic nitrogens is 5. The van der Waals surface area contributed by atoms with E-state index in [9.17, 15) is 10.5 Å². The van der Waals surface area contributed by atoms with E-state index < -0.39 is 0 Å². The van der Waals surface area contributed by atoms with Crippen molar-refractivity contribution in [2.45, 2.75) is 0 Å². The van der Waals surface area contributed by atoms with Crippen LogP contribution in [0, 0.1) is 22.7 Å². The average Bonchev–Trinajstić information content (AvgIpc) is 4.08. The number of nitrogens with zero attached hydrogens (tertiary/aromatic N) is 7. The van der Waals surface area contributed by atoms with Crippen molar-refractivity contribution in [2.24, 2.45) is 0 Å². The number of rotatable bonds is 4. The maximum atomic E-state index is 9.78. The van der Waals surface area contributed by atoms with Crippen LogP contribution >= 0.6 is 22.7 Å². The second-order valence-electron chi connectivity index (χ2n) is 15.5. The van der Waals surface area contributed by atoms with Gasteiger partial charge < -0.3 is 4.57 Å². The molecule has 0 aliphatic carbocycles. The van der Waals surface area contributed by atoms with Crippen molar-refractivity contribution in [1.29, 1.82) is 10.5 Å². The Morgan fingerprint density at radius 2 is 0.839 bits per heavy atom. The summed E-state index contributed by atoms with van der Waals surface area (Å²) >= 11 is 3.42. The van der Waals surface area contributed by atoms with Gasteiger partial charge in [-0.15, -0.1) is 22.7 Å². The topological polar surface area (TPSA) is 96.1 Å². The summed E-state index contributed by atoms with van der Waals surface area (Å²) in [5, 5.41) is 28.2. The van der Waals surface area contributed by atoms with E-state index in [0.717, 1.165) is 101 Å². The molecule has 5 heterocycles. The Hall–Kier alpha value is -8.21. The maximum Gasteiger partial charge on any atom is 0.238 e. The Kier molecular flexibility index (Phi) is 7.34. The Labute approximate surface area is 360 Å². The van der Waals surface area contributed by atoms with Crippen LogP contribution in [0.25, 0.3) is 118 Å². The number of hydrogen-bond donors (Lipinski definition) is 0. The minimum atomic E-state index is 0.498. The van der Waals surface area contributed by atoms with Gasteiger partial charge >= 0.3 is 0 Å². The van der Waals surface area contributed by atoms with Crippen LogP contribution in [-0.2, 0) is 0 Å². The van der Waals surface area contributed by atoms with Gasteiger partial charge in [-0.1, -0.05) is 66.7 Å². The molecule has 7 nitrogen and oxygen atoms in total. The molecule has 0 saturated heterocycles. The molecule has 0 N–H and O–H groups in total. The lowest BCUT2D eigenvalue weighted by molar-refractivity contribution is 0.954. The maximum absolute atomic E-state index is 9.78. The van der Waals surface area contributed by atoms with Crippen molar-refractivity contribution in [3.05, 3.63) is 175 Å². The molecule has 0 aliphatic heterocycles. The summed E-state index contributed by atoms with van der Waals surface area (Å²) in [5.41, 5.74) is 8.14. The third kappa shape index (κ3) is 5.04. The number of para-hydroxylation sites is 3. The lowest BCUT2D eigenvalue weighted by Gasteiger charge is -2.13. The van der Waals surface area contributed by atoms with Gasteiger partial charge in [0.15, 0.2) is 11.6 Å². The van der Waals surface area contributed by atoms with Crippen molar-refractivity contribution < 1.29 is 0 Å². The zero-order valence-electron chi connectivity index (χ0n) is 32.5. The van der Waals surface area contributed by atoms with Gasteiger partial charge in [0.05, 0.1) is 45.3 Å². The first-order valence-electron chi connectivity index (χ1n) is 20.1. The van der Waals surface area contributed by atoms with Crippen LogP contribution < -0.4 is 0 Å². The summed E-state index contributed by atoms with van der Waals surface area (Å²) in [4.78, 5) is 16.1. The van der Waals surface area contributed by atoms with Crippen molar-refractivity contribution in [3.8, 4) is 46.5 Å². The number of benzene rings is 8. The fraction of sp³-hybridized carbons (Fsp3) is 0. The number of nitriles is 2. The number of fused-ring (bicyclic) bond motifs is 13. The molecule has 9 heteroatoms. The second-order valence-corrected chi connectivity index (χ2v) is 17.6. The van der Waals surface area contributed by atoms with Crippen LogP contribution in [-0.4, -0.2) is 24.1 Å². The molecule has 62 heavy (non-hydrogen) atoms. The molecule has 0 atom stereocenters. The highest BCUT2D eigenvalue weighted by Gasteiger charge is 2.24. The van der Waals surface area contributed by atoms with Crippen molar-refractivity contribution in [1.82, 2.24) is 24.1 Å². The van der Waals surface area contributed by atoms with Gasteiger partial charge in [0.25, 0.3) is 0 Å². The number of hydrogen-bond acceptors (Lipinski definition) is 7. The molecule has 0 spiro atoms. The van der Waals surface area contributed by atoms with Gasteiger partial charge in [0.2, 0.25) is 5.95 Å². The summed E-state index contributed by atoms with van der Waals surface area (Å²) in [6.45, 7) is 0. The van der Waals surface area contributed by atoms with Crippen LogP contribution in [0.5, 0.6) is 0 Å². The highest BCUT2D eigenvalue weighted by atomic mass is 32.1. The third-order valence-corrected chi connectivity index (χ3v) is 14.3. The third-order valence-electron chi connectivity index (χ3n) is 12.0. The molecule has 8 aromatic carbocycles. The minimum absolute atomic E-state index is 0.498. The molecule has 0 bridgehead atoms. The van der Waals surface area contributed by atoms with Gasteiger partial charge in [0.1, 0.15) is 0 Å². The molecule has 0 fully saturated rings. The fourth-order valence-electron chi connectivity index (χ4n) is 9.25. The van der Waals surface area contributed by atoms with Crippen molar-refractivity contribution in [2.75, 3.05) is 0 Å². The Bertz CT molecular complexity index is 3990. The molecule has 0 radical (unpaired) electrons. The fourth-order valence-corrected chi connectivity index (χ4v) is 11.4. The highest BCUT2D eigenvalue weighted by Crippen LogP contribution is 2.43. The van der Waals surface area contributed by atoms with E-state index in [1.807, 2.05) is 36.4 Å². The first-order valence-corrected chi connectivity index (χ1v) is 21.8. The molecule has 13 aromatic rings. The molecular formula is C53H27N7S2. The predicted molar refractivity (Wildman–Crippen MR) is 255 cm³/mol. The molecule has 5 aromatic heterocycles. The summed E-state index contributed by atoms with van der Waals surface area (Å²) in [5.74, 6) is 1.57. The molecule has 0 saturated carbocycles. The van der Waals surface area contributed by atoms with Gasteiger partial charge in [0, 0.05) is 78.7 Å². The van der Waals surface area contributed by atoms with E-state index in [4.69, 9.17) is 15.0 Å². The summed E-state index contributed by atoms with van der Waals surface area (Å²) in [7, 11) is 0. The molecule has 0 aliphatic rings. The average molecular weight is 826 g/mol. The first-order chi connectivity index (χ1) is 30.6. The van der Waals surface area contributed by atoms with Crippen LogP contribution in [0.3, 0.4) is 0 Å². The van der Waals surface area contributed by atoms with E-state index in [-0.39, 0.29) is 0 Å². The Balaban J connectivity index is 1.15. The number of thiophene rings is 2. The molecule has 0 unspecified atom stereocenters. The van der Waals surface area contributed by atoms with E-state index in [1.54, 1.807) is 22.7 Å². The Morgan fingerprint density at radius 3 is 1.37 bits per heavy atom. The standard InChI is InChI=1S/C53H27N7S2/c54-28-30-14-20-45-39(24-30)41-26-32(16-22-47(41)61-45)51-56-52(33-17-23-48-42(27-33)40-25-31(29-55)15-21-46(40)62-48)58-53(57-51)60-44-13-7-5-11-36(44)38-19-18-37-35-10-4-6-12-43(35)59(49(37)50(38)60)34-8-2-1-3-9-34/h1-27H. The van der Waals surface area contributed by atoms with Gasteiger partial charge in [-0.3, -0.25) is 4.57 Å². The van der Waals surface area contributed by atoms with Gasteiger partial charge in [-0.25, -0.2) is 4.98 Å². The van der Waals surface area contributed by atoms with Crippen LogP contribution in [0.4, 0.5) is 0 Å². The normalized spacial score (nSPS) is 11.8. The van der Waals surface area contributed by atoms with Crippen molar-refractivity contribution in [3.63, 3.8) is 0 Å². The zero-order chi connectivity index (χ0) is 41.1. The van der Waals surface area contributed by atoms with E-state index in [1.165, 1.54) is 0 Å². The highest BCUT2D eigenvalue weighted by molar-refractivity contribution is 7.26. The minimum Gasteiger partial charge on any atom is -0.307 e. The van der Waals surface area contributed by atoms with Crippen LogP contribution in [0.2, 0.25) is 0 Å². The molecular weight excluding hydrogens is 799 g/mol. The van der Waals surface area contributed by atoms with E-state index in [0.29, 0.717) is 28.7 Å². The quantitative estimate of drug-likeness (QED) is 0.176. The summed E-state index contributed by atoms with van der Waals surface area (Å²) in [6, 6.07) is 61.2. The van der Waals surface area contributed by atoms with Crippen LogP contribution in [0.1, 0.15) is 11.1 Å². The van der Waals surface area contributed by atoms with Gasteiger partial charge in [-0.05, 0) is 97.1 Å². The van der Waals surface area contributed by atoms with E-state index in [2.05, 4.69) is 149 Å². The lowest BCUT2D eigenvalue weighted by atomic mass is 10.1. The predicted octanol–water partition coefficient (Wildman–Crippen LogP) is 13.9. The summed E-state index contributed by atoms with van der Waals surface area (Å²) < 4.78 is 9.06. The first kappa shape index (κ1) is 34.6. The SMILES string of the molecule is N#Cc1ccc2sc3ccc(-c4nc(-c5ccc6sc7ccc(C#N)cc7c6c5)nc(-n5c6ccccc6c6ccc7c8ccccc8n(-c8ccccc8)c7c65)n4)cc3c2c1. The van der Waals surface area contributed by atoms with Gasteiger partial charge in [-0.2, -0.15) is 20.5 Å². The lowest BCUT2D eigenvalue weighted by Crippen LogP contribution is -2.07.